The number of hydrogen-bond acceptors (Lipinski definition) is 4. The van der Waals surface area contributed by atoms with Crippen LogP contribution in [0.15, 0.2) is 0 Å². The van der Waals surface area contributed by atoms with Gasteiger partial charge in [0.25, 0.3) is 0 Å². The number of carbonyl (C=O) groups excluding carboxylic acids is 2. The van der Waals surface area contributed by atoms with Crippen LogP contribution < -0.4 is 5.32 Å². The van der Waals surface area contributed by atoms with Gasteiger partial charge in [0.2, 0.25) is 17.9 Å². The van der Waals surface area contributed by atoms with Gasteiger partial charge in [-0.1, -0.05) is 20.8 Å². The van der Waals surface area contributed by atoms with Gasteiger partial charge in [-0.15, -0.1) is 0 Å². The third-order valence-electron chi connectivity index (χ3n) is 4.13. The lowest BCUT2D eigenvalue weighted by Crippen LogP contribution is -2.49. The van der Waals surface area contributed by atoms with Crippen molar-refractivity contribution in [2.45, 2.75) is 52.1 Å². The highest BCUT2D eigenvalue weighted by atomic mass is 16.6. The summed E-state index contributed by atoms with van der Waals surface area (Å²) in [6, 6.07) is -0.679. The molecular weight excluding hydrogens is 274 g/mol. The van der Waals surface area contributed by atoms with Crippen molar-refractivity contribution < 1.29 is 14.5 Å². The van der Waals surface area contributed by atoms with E-state index in [9.17, 15) is 19.7 Å². The van der Waals surface area contributed by atoms with E-state index < -0.39 is 12.0 Å². The summed E-state index contributed by atoms with van der Waals surface area (Å²) in [6.45, 7) is 6.95. The van der Waals surface area contributed by atoms with Gasteiger partial charge in [-0.3, -0.25) is 19.7 Å². The molecule has 2 aliphatic rings. The van der Waals surface area contributed by atoms with Crippen LogP contribution in [-0.4, -0.2) is 46.8 Å². The second-order valence-electron chi connectivity index (χ2n) is 7.02. The van der Waals surface area contributed by atoms with Gasteiger partial charge in [0.05, 0.1) is 0 Å². The summed E-state index contributed by atoms with van der Waals surface area (Å²) in [5.41, 5.74) is -0.386. The molecule has 2 atom stereocenters. The molecule has 1 saturated heterocycles. The van der Waals surface area contributed by atoms with Gasteiger partial charge in [0, 0.05) is 35.9 Å². The zero-order valence-corrected chi connectivity index (χ0v) is 12.8. The van der Waals surface area contributed by atoms with Crippen LogP contribution in [0, 0.1) is 21.4 Å². The first-order valence-corrected chi connectivity index (χ1v) is 7.43. The van der Waals surface area contributed by atoms with Crippen molar-refractivity contribution in [2.24, 2.45) is 11.3 Å². The molecule has 7 nitrogen and oxygen atoms in total. The predicted molar refractivity (Wildman–Crippen MR) is 76.1 cm³/mol. The van der Waals surface area contributed by atoms with Crippen LogP contribution in [0.4, 0.5) is 0 Å². The van der Waals surface area contributed by atoms with Gasteiger partial charge in [0.1, 0.15) is 5.92 Å². The summed E-state index contributed by atoms with van der Waals surface area (Å²) in [4.78, 5) is 36.0. The maximum atomic E-state index is 12.1. The monoisotopic (exact) mass is 297 g/mol. The van der Waals surface area contributed by atoms with Crippen LogP contribution >= 0.6 is 0 Å². The van der Waals surface area contributed by atoms with Crippen molar-refractivity contribution in [3.05, 3.63) is 10.1 Å². The zero-order valence-electron chi connectivity index (χ0n) is 12.8. The number of nitro groups is 1. The molecule has 2 fully saturated rings. The Balaban J connectivity index is 1.76. The number of likely N-dealkylation sites (tertiary alicyclic amines) is 1. The fourth-order valence-corrected chi connectivity index (χ4v) is 2.71. The Morgan fingerprint density at radius 1 is 1.24 bits per heavy atom. The predicted octanol–water partition coefficient (Wildman–Crippen LogP) is 0.805. The third-order valence-corrected chi connectivity index (χ3v) is 4.13. The maximum absolute atomic E-state index is 12.1. The molecule has 2 rings (SSSR count). The molecule has 1 heterocycles. The number of carbonyl (C=O) groups is 2. The third kappa shape index (κ3) is 3.71. The molecule has 0 aromatic carbocycles. The first-order chi connectivity index (χ1) is 9.70. The summed E-state index contributed by atoms with van der Waals surface area (Å²) in [7, 11) is 0. The topological polar surface area (TPSA) is 92.6 Å². The maximum Gasteiger partial charge on any atom is 0.230 e. The van der Waals surface area contributed by atoms with Crippen molar-refractivity contribution in [3.63, 3.8) is 0 Å². The molecule has 0 aromatic rings. The van der Waals surface area contributed by atoms with E-state index in [-0.39, 0.29) is 28.2 Å². The first kappa shape index (κ1) is 15.7. The Labute approximate surface area is 124 Å². The summed E-state index contributed by atoms with van der Waals surface area (Å²) in [5, 5.41) is 13.4. The second kappa shape index (κ2) is 5.61. The van der Waals surface area contributed by atoms with E-state index in [1.807, 2.05) is 25.7 Å². The quantitative estimate of drug-likeness (QED) is 0.616. The summed E-state index contributed by atoms with van der Waals surface area (Å²) >= 11 is 0. The molecule has 1 aliphatic carbocycles. The van der Waals surface area contributed by atoms with Crippen LogP contribution in [0.2, 0.25) is 0 Å². The average Bonchev–Trinajstić information content (AvgIpc) is 3.18. The molecule has 0 spiro atoms. The minimum absolute atomic E-state index is 0.0227. The molecule has 21 heavy (non-hydrogen) atoms. The Morgan fingerprint density at radius 2 is 1.81 bits per heavy atom. The minimum Gasteiger partial charge on any atom is -0.353 e. The van der Waals surface area contributed by atoms with Crippen molar-refractivity contribution in [2.75, 3.05) is 13.1 Å². The van der Waals surface area contributed by atoms with Crippen LogP contribution in [0.3, 0.4) is 0 Å². The highest BCUT2D eigenvalue weighted by Gasteiger charge is 2.53. The van der Waals surface area contributed by atoms with Gasteiger partial charge >= 0.3 is 0 Å². The molecule has 7 heteroatoms. The Kier molecular flexibility index (Phi) is 4.20. The van der Waals surface area contributed by atoms with E-state index >= 15 is 0 Å². The van der Waals surface area contributed by atoms with Crippen LogP contribution in [0.1, 0.15) is 40.0 Å². The van der Waals surface area contributed by atoms with Crippen molar-refractivity contribution in [1.82, 2.24) is 10.2 Å². The highest BCUT2D eigenvalue weighted by Crippen LogP contribution is 2.33. The molecule has 1 N–H and O–H groups in total. The van der Waals surface area contributed by atoms with Crippen LogP contribution in [0.25, 0.3) is 0 Å². The molecule has 0 aromatic heterocycles. The number of piperidine rings is 1. The highest BCUT2D eigenvalue weighted by molar-refractivity contribution is 5.83. The average molecular weight is 297 g/mol. The molecule has 0 radical (unpaired) electrons. The summed E-state index contributed by atoms with van der Waals surface area (Å²) < 4.78 is 0. The first-order valence-electron chi connectivity index (χ1n) is 7.43. The number of nitrogens with one attached hydrogen (secondary N) is 1. The Hall–Kier alpha value is -1.66. The van der Waals surface area contributed by atoms with Crippen molar-refractivity contribution >= 4 is 11.8 Å². The summed E-state index contributed by atoms with van der Waals surface area (Å²) in [5.74, 6) is -0.547. The van der Waals surface area contributed by atoms with Gasteiger partial charge in [-0.2, -0.15) is 0 Å². The fraction of sp³-hybridized carbons (Fsp3) is 0.857. The van der Waals surface area contributed by atoms with Crippen molar-refractivity contribution in [1.29, 1.82) is 0 Å². The summed E-state index contributed by atoms with van der Waals surface area (Å²) in [6.07, 6.45) is 1.77. The molecule has 1 aliphatic heterocycles. The lowest BCUT2D eigenvalue weighted by Gasteiger charge is -2.36. The fourth-order valence-electron chi connectivity index (χ4n) is 2.71. The van der Waals surface area contributed by atoms with E-state index in [1.54, 1.807) is 0 Å². The Bertz CT molecular complexity index is 450. The smallest absolute Gasteiger partial charge is 0.230 e. The van der Waals surface area contributed by atoms with E-state index in [0.717, 1.165) is 0 Å². The van der Waals surface area contributed by atoms with Crippen LogP contribution in [0.5, 0.6) is 0 Å². The number of nitrogens with zero attached hydrogens (tertiary/aromatic N) is 2. The molecular formula is C14H23N3O4. The van der Waals surface area contributed by atoms with E-state index in [0.29, 0.717) is 32.4 Å². The lowest BCUT2D eigenvalue weighted by atomic mass is 9.93. The Morgan fingerprint density at radius 3 is 2.24 bits per heavy atom. The minimum atomic E-state index is -0.701. The number of amides is 2. The van der Waals surface area contributed by atoms with Gasteiger partial charge in [0.15, 0.2) is 0 Å². The number of rotatable bonds is 3. The zero-order chi connectivity index (χ0) is 15.8. The van der Waals surface area contributed by atoms with E-state index in [2.05, 4.69) is 5.32 Å². The normalized spacial score (nSPS) is 26.3. The molecule has 0 unspecified atom stereocenters. The van der Waals surface area contributed by atoms with E-state index in [1.165, 1.54) is 0 Å². The van der Waals surface area contributed by atoms with Crippen molar-refractivity contribution in [3.8, 4) is 0 Å². The lowest BCUT2D eigenvalue weighted by molar-refractivity contribution is -0.497. The van der Waals surface area contributed by atoms with E-state index in [4.69, 9.17) is 0 Å². The molecule has 1 saturated carbocycles. The molecule has 0 bridgehead atoms. The van der Waals surface area contributed by atoms with Crippen LogP contribution in [-0.2, 0) is 9.59 Å². The van der Waals surface area contributed by atoms with Gasteiger partial charge < -0.3 is 10.2 Å². The molecule has 118 valence electrons. The largest absolute Gasteiger partial charge is 0.353 e. The standard InChI is InChI=1S/C14H23N3O4/c1-14(2,3)13(19)16-6-4-9(5-7-16)15-12(18)10-8-11(10)17(20)21/h9-11H,4-8H2,1-3H3,(H,15,18)/t10-,11-/m0/s1. The second-order valence-corrected chi connectivity index (χ2v) is 7.02. The van der Waals surface area contributed by atoms with Gasteiger partial charge in [-0.05, 0) is 12.8 Å². The number of hydrogen-bond donors (Lipinski definition) is 1. The SMILES string of the molecule is CC(C)(C)C(=O)N1CCC(NC(=O)[C@H]2C[C@@H]2[N+](=O)[O-])CC1. The molecule has 2 amide bonds. The van der Waals surface area contributed by atoms with Gasteiger partial charge in [-0.25, -0.2) is 0 Å².